The molecule has 124 valence electrons. The second-order valence-electron chi connectivity index (χ2n) is 5.29. The monoisotopic (exact) mass is 364 g/mol. The van der Waals surface area contributed by atoms with E-state index in [-0.39, 0.29) is 12.5 Å². The van der Waals surface area contributed by atoms with Gasteiger partial charge in [-0.2, -0.15) is 0 Å². The molecule has 1 heterocycles. The first kappa shape index (κ1) is 16.6. The minimum absolute atomic E-state index is 0.216. The summed E-state index contributed by atoms with van der Waals surface area (Å²) in [7, 11) is 0. The molecule has 1 atom stereocenters. The summed E-state index contributed by atoms with van der Waals surface area (Å²) < 4.78 is 5.28. The van der Waals surface area contributed by atoms with Crippen LogP contribution in [0.2, 0.25) is 10.0 Å². The topological polar surface area (TPSA) is 58.6 Å². The van der Waals surface area contributed by atoms with Crippen LogP contribution in [-0.2, 0) is 4.74 Å². The molecule has 1 aliphatic heterocycles. The summed E-state index contributed by atoms with van der Waals surface area (Å²) in [4.78, 5) is 25.6. The third-order valence-electron chi connectivity index (χ3n) is 3.61. The second-order valence-corrected chi connectivity index (χ2v) is 6.11. The number of nitrogens with one attached hydrogen (secondary N) is 1. The number of rotatable bonds is 4. The molecule has 1 N–H and O–H groups in total. The van der Waals surface area contributed by atoms with Crippen molar-refractivity contribution < 1.29 is 14.3 Å². The van der Waals surface area contributed by atoms with Gasteiger partial charge in [0.1, 0.15) is 6.10 Å². The Hall–Kier alpha value is -2.24. The van der Waals surface area contributed by atoms with Gasteiger partial charge in [-0.3, -0.25) is 9.69 Å². The summed E-state index contributed by atoms with van der Waals surface area (Å²) in [5.74, 6) is -0.303. The van der Waals surface area contributed by atoms with Gasteiger partial charge in [0, 0.05) is 11.3 Å². The van der Waals surface area contributed by atoms with Crippen molar-refractivity contribution in [3.8, 4) is 0 Å². The Morgan fingerprint density at radius 3 is 2.62 bits per heavy atom. The molecule has 0 saturated carbocycles. The van der Waals surface area contributed by atoms with Gasteiger partial charge in [-0.05, 0) is 30.3 Å². The van der Waals surface area contributed by atoms with Gasteiger partial charge in [0.25, 0.3) is 5.91 Å². The average Bonchev–Trinajstić information content (AvgIpc) is 2.97. The lowest BCUT2D eigenvalue weighted by atomic mass is 10.2. The summed E-state index contributed by atoms with van der Waals surface area (Å²) in [6.45, 7) is 0.596. The van der Waals surface area contributed by atoms with Crippen molar-refractivity contribution in [3.05, 3.63) is 64.1 Å². The summed E-state index contributed by atoms with van der Waals surface area (Å²) >= 11 is 11.7. The van der Waals surface area contributed by atoms with Crippen molar-refractivity contribution >= 4 is 40.9 Å². The number of carbonyl (C=O) groups is 2. The predicted octanol–water partition coefficient (Wildman–Crippen LogP) is 3.75. The van der Waals surface area contributed by atoms with Gasteiger partial charge >= 0.3 is 6.09 Å². The predicted molar refractivity (Wildman–Crippen MR) is 92.9 cm³/mol. The fourth-order valence-electron chi connectivity index (χ4n) is 2.39. The first-order valence-corrected chi connectivity index (χ1v) is 8.06. The number of amides is 2. The zero-order valence-electron chi connectivity index (χ0n) is 12.5. The number of ether oxygens (including phenoxy) is 1. The zero-order valence-corrected chi connectivity index (χ0v) is 14.1. The third-order valence-corrected chi connectivity index (χ3v) is 4.35. The molecule has 2 aromatic carbocycles. The molecule has 1 fully saturated rings. The van der Waals surface area contributed by atoms with Crippen LogP contribution in [0.4, 0.5) is 10.5 Å². The van der Waals surface area contributed by atoms with E-state index in [9.17, 15) is 9.59 Å². The molecule has 0 bridgehead atoms. The van der Waals surface area contributed by atoms with Gasteiger partial charge in [0.05, 0.1) is 23.1 Å². The molecule has 3 rings (SSSR count). The number of cyclic esters (lactones) is 1. The van der Waals surface area contributed by atoms with Crippen LogP contribution in [0, 0.1) is 0 Å². The van der Waals surface area contributed by atoms with E-state index in [1.165, 1.54) is 11.0 Å². The maximum absolute atomic E-state index is 12.1. The minimum atomic E-state index is -0.421. The number of carbonyl (C=O) groups excluding carboxylic acids is 2. The van der Waals surface area contributed by atoms with Crippen molar-refractivity contribution in [1.29, 1.82) is 0 Å². The van der Waals surface area contributed by atoms with Crippen LogP contribution in [0.5, 0.6) is 0 Å². The van der Waals surface area contributed by atoms with Crippen molar-refractivity contribution in [2.45, 2.75) is 6.10 Å². The fourth-order valence-corrected chi connectivity index (χ4v) is 2.69. The van der Waals surface area contributed by atoms with E-state index in [2.05, 4.69) is 5.32 Å². The summed E-state index contributed by atoms with van der Waals surface area (Å²) in [6, 6.07) is 13.9. The molecule has 2 amide bonds. The Kier molecular flexibility index (Phi) is 4.92. The van der Waals surface area contributed by atoms with E-state index in [1.807, 2.05) is 30.3 Å². The van der Waals surface area contributed by atoms with E-state index < -0.39 is 12.2 Å². The van der Waals surface area contributed by atoms with E-state index in [0.29, 0.717) is 22.2 Å². The van der Waals surface area contributed by atoms with E-state index in [1.54, 1.807) is 12.1 Å². The van der Waals surface area contributed by atoms with Crippen molar-refractivity contribution in [2.24, 2.45) is 0 Å². The summed E-state index contributed by atoms with van der Waals surface area (Å²) in [5.41, 5.74) is 1.16. The number of anilines is 1. The van der Waals surface area contributed by atoms with Crippen LogP contribution in [-0.4, -0.2) is 31.2 Å². The maximum Gasteiger partial charge on any atom is 0.414 e. The van der Waals surface area contributed by atoms with Crippen LogP contribution < -0.4 is 10.2 Å². The number of nitrogens with zero attached hydrogens (tertiary/aromatic N) is 1. The highest BCUT2D eigenvalue weighted by molar-refractivity contribution is 6.42. The molecular formula is C17H14Cl2N2O3. The minimum Gasteiger partial charge on any atom is -0.442 e. The number of hydrogen-bond acceptors (Lipinski definition) is 3. The number of benzene rings is 2. The van der Waals surface area contributed by atoms with Crippen molar-refractivity contribution in [1.82, 2.24) is 5.32 Å². The van der Waals surface area contributed by atoms with Gasteiger partial charge in [0.2, 0.25) is 0 Å². The molecule has 0 aromatic heterocycles. The van der Waals surface area contributed by atoms with Gasteiger partial charge < -0.3 is 10.1 Å². The SMILES string of the molecule is O=C(NCC1CN(c2ccccc2)C(=O)O1)c1ccc(Cl)c(Cl)c1. The standard InChI is InChI=1S/C17H14Cl2N2O3/c18-14-7-6-11(8-15(14)19)16(22)20-9-13-10-21(17(23)24-13)12-4-2-1-3-5-12/h1-8,13H,9-10H2,(H,20,22). The van der Waals surface area contributed by atoms with E-state index in [0.717, 1.165) is 5.69 Å². The molecule has 1 aliphatic rings. The first-order chi connectivity index (χ1) is 11.5. The Bertz CT molecular complexity index is 768. The average molecular weight is 365 g/mol. The van der Waals surface area contributed by atoms with Crippen LogP contribution in [0.25, 0.3) is 0 Å². The van der Waals surface area contributed by atoms with Gasteiger partial charge in [-0.15, -0.1) is 0 Å². The Morgan fingerprint density at radius 1 is 1.17 bits per heavy atom. The molecule has 1 saturated heterocycles. The lowest BCUT2D eigenvalue weighted by Crippen LogP contribution is -2.34. The maximum atomic E-state index is 12.1. The quantitative estimate of drug-likeness (QED) is 0.898. The van der Waals surface area contributed by atoms with E-state index in [4.69, 9.17) is 27.9 Å². The molecule has 24 heavy (non-hydrogen) atoms. The van der Waals surface area contributed by atoms with E-state index >= 15 is 0 Å². The Labute approximate surface area is 149 Å². The molecule has 7 heteroatoms. The van der Waals surface area contributed by atoms with Gasteiger partial charge in [-0.1, -0.05) is 41.4 Å². The highest BCUT2D eigenvalue weighted by Crippen LogP contribution is 2.23. The molecule has 0 spiro atoms. The van der Waals surface area contributed by atoms with Crippen LogP contribution >= 0.6 is 23.2 Å². The number of para-hydroxylation sites is 1. The molecule has 0 aliphatic carbocycles. The molecule has 5 nitrogen and oxygen atoms in total. The third kappa shape index (κ3) is 3.63. The summed E-state index contributed by atoms with van der Waals surface area (Å²) in [5, 5.41) is 3.43. The largest absolute Gasteiger partial charge is 0.442 e. The smallest absolute Gasteiger partial charge is 0.414 e. The molecule has 2 aromatic rings. The molecule has 1 unspecified atom stereocenters. The normalized spacial score (nSPS) is 16.8. The van der Waals surface area contributed by atoms with Crippen LogP contribution in [0.15, 0.2) is 48.5 Å². The summed E-state index contributed by atoms with van der Waals surface area (Å²) in [6.07, 6.45) is -0.834. The van der Waals surface area contributed by atoms with Crippen LogP contribution in [0.1, 0.15) is 10.4 Å². The lowest BCUT2D eigenvalue weighted by Gasteiger charge is -2.12. The molecular weight excluding hydrogens is 351 g/mol. The highest BCUT2D eigenvalue weighted by Gasteiger charge is 2.32. The zero-order chi connectivity index (χ0) is 17.1. The van der Waals surface area contributed by atoms with Gasteiger partial charge in [0.15, 0.2) is 0 Å². The Morgan fingerprint density at radius 2 is 1.92 bits per heavy atom. The van der Waals surface area contributed by atoms with Crippen molar-refractivity contribution in [3.63, 3.8) is 0 Å². The number of halogens is 2. The second kappa shape index (κ2) is 7.11. The van der Waals surface area contributed by atoms with Gasteiger partial charge in [-0.25, -0.2) is 4.79 Å². The Balaban J connectivity index is 1.58. The molecule has 0 radical (unpaired) electrons. The highest BCUT2D eigenvalue weighted by atomic mass is 35.5. The first-order valence-electron chi connectivity index (χ1n) is 7.31. The number of hydrogen-bond donors (Lipinski definition) is 1. The fraction of sp³-hybridized carbons (Fsp3) is 0.176. The van der Waals surface area contributed by atoms with Crippen molar-refractivity contribution in [2.75, 3.05) is 18.0 Å². The lowest BCUT2D eigenvalue weighted by molar-refractivity contribution is 0.0916. The van der Waals surface area contributed by atoms with Crippen LogP contribution in [0.3, 0.4) is 0 Å².